The summed E-state index contributed by atoms with van der Waals surface area (Å²) >= 11 is 0. The summed E-state index contributed by atoms with van der Waals surface area (Å²) in [6.45, 7) is 0. The third-order valence-electron chi connectivity index (χ3n) is 0.886. The zero-order chi connectivity index (χ0) is 7.61. The third-order valence-corrected chi connectivity index (χ3v) is 1.87. The molecule has 0 unspecified atom stereocenters. The summed E-state index contributed by atoms with van der Waals surface area (Å²) in [5, 5.41) is 6.04. The molecule has 0 aromatic carbocycles. The van der Waals surface area contributed by atoms with Crippen LogP contribution in [0, 0.1) is 0 Å². The highest BCUT2D eigenvalue weighted by Gasteiger charge is 2.06. The van der Waals surface area contributed by atoms with Crippen LogP contribution in [0.4, 0.5) is 0 Å². The first-order valence-corrected chi connectivity index (χ1v) is 4.96. The fourth-order valence-electron chi connectivity index (χ4n) is 0.551. The Balaban J connectivity index is 2.75. The zero-order valence-electron chi connectivity index (χ0n) is 4.91. The van der Waals surface area contributed by atoms with Gasteiger partial charge in [-0.15, -0.1) is 0 Å². The van der Waals surface area contributed by atoms with Crippen LogP contribution in [0.2, 0.25) is 0 Å². The van der Waals surface area contributed by atoms with Crippen molar-refractivity contribution in [1.29, 1.82) is 0 Å². The second kappa shape index (κ2) is 2.59. The van der Waals surface area contributed by atoms with Crippen LogP contribution in [0.1, 0.15) is 5.69 Å². The van der Waals surface area contributed by atoms with Gasteiger partial charge in [-0.1, -0.05) is 0 Å². The van der Waals surface area contributed by atoms with E-state index in [1.807, 2.05) is 0 Å². The standard InChI is InChI=1S/C4H5ClN2O2S/c5-10(8,9)3-4-1-2-6-7-4/h1-2H,3H2,(H,6,7). The first-order valence-electron chi connectivity index (χ1n) is 2.48. The molecule has 56 valence electrons. The van der Waals surface area contributed by atoms with Gasteiger partial charge >= 0.3 is 0 Å². The lowest BCUT2D eigenvalue weighted by molar-refractivity contribution is 0.608. The number of rotatable bonds is 2. The van der Waals surface area contributed by atoms with E-state index >= 15 is 0 Å². The molecule has 0 bridgehead atoms. The first kappa shape index (κ1) is 7.56. The number of aromatic amines is 1. The molecule has 1 rings (SSSR count). The minimum atomic E-state index is -3.45. The van der Waals surface area contributed by atoms with Gasteiger partial charge < -0.3 is 0 Å². The third kappa shape index (κ3) is 2.36. The van der Waals surface area contributed by atoms with E-state index in [1.54, 1.807) is 6.07 Å². The van der Waals surface area contributed by atoms with Gasteiger partial charge in [0.15, 0.2) is 0 Å². The van der Waals surface area contributed by atoms with Gasteiger partial charge in [-0.25, -0.2) is 8.42 Å². The van der Waals surface area contributed by atoms with Crippen molar-refractivity contribution >= 4 is 19.7 Å². The predicted octanol–water partition coefficient (Wildman–Crippen LogP) is 0.478. The second-order valence-electron chi connectivity index (χ2n) is 1.77. The van der Waals surface area contributed by atoms with Crippen molar-refractivity contribution in [2.75, 3.05) is 0 Å². The van der Waals surface area contributed by atoms with Gasteiger partial charge in [0.1, 0.15) is 5.75 Å². The van der Waals surface area contributed by atoms with Crippen molar-refractivity contribution in [3.63, 3.8) is 0 Å². The number of hydrogen-bond donors (Lipinski definition) is 1. The number of nitrogens with one attached hydrogen (secondary N) is 1. The molecule has 10 heavy (non-hydrogen) atoms. The molecule has 4 nitrogen and oxygen atoms in total. The minimum Gasteiger partial charge on any atom is -0.281 e. The molecule has 1 N–H and O–H groups in total. The lowest BCUT2D eigenvalue weighted by Crippen LogP contribution is -1.94. The van der Waals surface area contributed by atoms with E-state index in [9.17, 15) is 8.42 Å². The van der Waals surface area contributed by atoms with Crippen LogP contribution in [0.15, 0.2) is 12.3 Å². The quantitative estimate of drug-likeness (QED) is 0.674. The van der Waals surface area contributed by atoms with Crippen LogP contribution in [0.25, 0.3) is 0 Å². The summed E-state index contributed by atoms with van der Waals surface area (Å²) in [5.74, 6) is -0.200. The highest BCUT2D eigenvalue weighted by atomic mass is 35.7. The molecule has 1 aromatic heterocycles. The molecule has 1 aromatic rings. The number of nitrogens with zero attached hydrogens (tertiary/aromatic N) is 1. The molecule has 0 saturated heterocycles. The Morgan fingerprint density at radius 3 is 2.80 bits per heavy atom. The zero-order valence-corrected chi connectivity index (χ0v) is 6.48. The lowest BCUT2D eigenvalue weighted by Gasteiger charge is -1.88. The molecule has 1 heterocycles. The van der Waals surface area contributed by atoms with Gasteiger partial charge in [-0.2, -0.15) is 5.10 Å². The average molecular weight is 181 g/mol. The minimum absolute atomic E-state index is 0.200. The molecule has 0 saturated carbocycles. The van der Waals surface area contributed by atoms with E-state index in [1.165, 1.54) is 6.20 Å². The predicted molar refractivity (Wildman–Crippen MR) is 37.1 cm³/mol. The first-order chi connectivity index (χ1) is 4.58. The SMILES string of the molecule is O=S(=O)(Cl)Cc1ccn[nH]1. The van der Waals surface area contributed by atoms with Crippen molar-refractivity contribution < 1.29 is 8.42 Å². The summed E-state index contributed by atoms with van der Waals surface area (Å²) in [6, 6.07) is 1.56. The molecule has 0 spiro atoms. The molecule has 0 aliphatic heterocycles. The van der Waals surface area contributed by atoms with Crippen LogP contribution >= 0.6 is 10.7 Å². The molecular weight excluding hydrogens is 176 g/mol. The maximum Gasteiger partial charge on any atom is 0.238 e. The topological polar surface area (TPSA) is 62.8 Å². The van der Waals surface area contributed by atoms with Crippen LogP contribution < -0.4 is 0 Å². The van der Waals surface area contributed by atoms with Gasteiger partial charge in [0, 0.05) is 16.9 Å². The van der Waals surface area contributed by atoms with Gasteiger partial charge in [0.25, 0.3) is 0 Å². The van der Waals surface area contributed by atoms with E-state index in [0.717, 1.165) is 0 Å². The highest BCUT2D eigenvalue weighted by molar-refractivity contribution is 8.13. The fourth-order valence-corrected chi connectivity index (χ4v) is 1.44. The molecule has 0 radical (unpaired) electrons. The fraction of sp³-hybridized carbons (Fsp3) is 0.250. The largest absolute Gasteiger partial charge is 0.281 e. The summed E-state index contributed by atoms with van der Waals surface area (Å²) < 4.78 is 20.8. The Labute approximate surface area is 62.6 Å². The van der Waals surface area contributed by atoms with Crippen LogP contribution in [-0.4, -0.2) is 18.6 Å². The molecule has 0 fully saturated rings. The van der Waals surface area contributed by atoms with Crippen LogP contribution in [0.3, 0.4) is 0 Å². The summed E-state index contributed by atoms with van der Waals surface area (Å²) in [4.78, 5) is 0. The Hall–Kier alpha value is -0.550. The number of H-pyrrole nitrogens is 1. The van der Waals surface area contributed by atoms with Gasteiger partial charge in [-0.05, 0) is 6.07 Å². The van der Waals surface area contributed by atoms with Crippen molar-refractivity contribution in [1.82, 2.24) is 10.2 Å². The normalized spacial score (nSPS) is 11.7. The second-order valence-corrected chi connectivity index (χ2v) is 4.54. The Morgan fingerprint density at radius 1 is 1.70 bits per heavy atom. The summed E-state index contributed by atoms with van der Waals surface area (Å²) in [6.07, 6.45) is 1.47. The lowest BCUT2D eigenvalue weighted by atomic mass is 10.5. The molecule has 0 amide bonds. The summed E-state index contributed by atoms with van der Waals surface area (Å²) in [5.41, 5.74) is 0.495. The smallest absolute Gasteiger partial charge is 0.238 e. The van der Waals surface area contributed by atoms with E-state index < -0.39 is 9.05 Å². The molecule has 0 aliphatic carbocycles. The number of aromatic nitrogens is 2. The van der Waals surface area contributed by atoms with Gasteiger partial charge in [0.2, 0.25) is 9.05 Å². The highest BCUT2D eigenvalue weighted by Crippen LogP contribution is 2.04. The number of hydrogen-bond acceptors (Lipinski definition) is 3. The molecule has 0 aliphatic rings. The van der Waals surface area contributed by atoms with Crippen molar-refractivity contribution in [3.8, 4) is 0 Å². The van der Waals surface area contributed by atoms with Crippen LogP contribution in [0.5, 0.6) is 0 Å². The van der Waals surface area contributed by atoms with Crippen LogP contribution in [-0.2, 0) is 14.8 Å². The van der Waals surface area contributed by atoms with E-state index in [2.05, 4.69) is 10.2 Å². The maximum absolute atomic E-state index is 10.4. The van der Waals surface area contributed by atoms with E-state index in [0.29, 0.717) is 5.69 Å². The van der Waals surface area contributed by atoms with E-state index in [4.69, 9.17) is 10.7 Å². The Bertz CT molecular complexity index is 291. The average Bonchev–Trinajstić information content (AvgIpc) is 2.12. The summed E-state index contributed by atoms with van der Waals surface area (Å²) in [7, 11) is 1.50. The van der Waals surface area contributed by atoms with Gasteiger partial charge in [0.05, 0.1) is 5.69 Å². The van der Waals surface area contributed by atoms with E-state index in [-0.39, 0.29) is 5.75 Å². The maximum atomic E-state index is 10.4. The van der Waals surface area contributed by atoms with Crippen molar-refractivity contribution in [3.05, 3.63) is 18.0 Å². The van der Waals surface area contributed by atoms with Crippen molar-refractivity contribution in [2.45, 2.75) is 5.75 Å². The molecular formula is C4H5ClN2O2S. The molecule has 6 heteroatoms. The Morgan fingerprint density at radius 2 is 2.40 bits per heavy atom. The van der Waals surface area contributed by atoms with Crippen molar-refractivity contribution in [2.24, 2.45) is 0 Å². The van der Waals surface area contributed by atoms with Gasteiger partial charge in [-0.3, -0.25) is 5.10 Å². The Kier molecular flexibility index (Phi) is 1.96. The monoisotopic (exact) mass is 180 g/mol. The molecule has 0 atom stereocenters. The number of halogens is 1.